The molecule has 9 nitrogen and oxygen atoms in total. The molecule has 0 bridgehead atoms. The minimum absolute atomic E-state index is 0.0174. The summed E-state index contributed by atoms with van der Waals surface area (Å²) in [6, 6.07) is 0.0382. The number of β-lactam (4-membered cyclic amide) rings is 1. The van der Waals surface area contributed by atoms with E-state index in [2.05, 4.69) is 10.6 Å². The summed E-state index contributed by atoms with van der Waals surface area (Å²) in [6.07, 6.45) is 0.582. The lowest BCUT2D eigenvalue weighted by atomic mass is 9.79. The molecule has 0 radical (unpaired) electrons. The molecule has 0 spiro atoms. The van der Waals surface area contributed by atoms with Gasteiger partial charge in [0.15, 0.2) is 0 Å². The van der Waals surface area contributed by atoms with Gasteiger partial charge in [-0.15, -0.1) is 11.8 Å². The maximum Gasteiger partial charge on any atom is 0.353 e. The van der Waals surface area contributed by atoms with Crippen LogP contribution in [0.2, 0.25) is 0 Å². The van der Waals surface area contributed by atoms with E-state index in [-0.39, 0.29) is 34.7 Å². The predicted molar refractivity (Wildman–Crippen MR) is 121 cm³/mol. The molecule has 6 N–H and O–H groups in total. The van der Waals surface area contributed by atoms with Gasteiger partial charge in [-0.25, -0.2) is 4.79 Å². The lowest BCUT2D eigenvalue weighted by Crippen LogP contribution is -2.63. The van der Waals surface area contributed by atoms with E-state index in [1.807, 2.05) is 6.92 Å². The largest absolute Gasteiger partial charge is 0.477 e. The van der Waals surface area contributed by atoms with Crippen LogP contribution in [0.1, 0.15) is 26.7 Å². The fraction of sp³-hybridized carbons (Fsp3) is 0.750. The molecule has 11 heteroatoms. The standard InChI is InChI=1S/C20H32N4O5S2/c1-10-16-15(11(2)25)19(27)24(16)17(20(28)29)18(10)31-13-7-12(23-8-13)9-30-6-3-14(26)22-5-4-21/h10-13,15-16,23,25H,3-9,21H2,1-2H3,(H,22,26)(H,28,29)/t10-,11-,12+,13+,15-,16-/m1/s1. The Morgan fingerprint density at radius 2 is 2.16 bits per heavy atom. The van der Waals surface area contributed by atoms with Crippen molar-refractivity contribution in [2.75, 3.05) is 31.1 Å². The molecule has 2 saturated heterocycles. The summed E-state index contributed by atoms with van der Waals surface area (Å²) >= 11 is 3.28. The predicted octanol–water partition coefficient (Wildman–Crippen LogP) is -0.198. The minimum Gasteiger partial charge on any atom is -0.477 e. The van der Waals surface area contributed by atoms with E-state index in [1.165, 1.54) is 4.90 Å². The zero-order chi connectivity index (χ0) is 22.7. The van der Waals surface area contributed by atoms with E-state index in [4.69, 9.17) is 5.73 Å². The highest BCUT2D eigenvalue weighted by Gasteiger charge is 2.60. The molecule has 2 fully saturated rings. The SMILES string of the molecule is C[C@@H](O)[C@H]1C(=O)N2C(C(=O)O)=C(S[C@@H]3CN[C@H](CSCCC(=O)NCCN)C3)[C@H](C)[C@H]12. The van der Waals surface area contributed by atoms with Gasteiger partial charge >= 0.3 is 5.97 Å². The van der Waals surface area contributed by atoms with E-state index in [0.29, 0.717) is 25.6 Å². The Morgan fingerprint density at radius 1 is 1.42 bits per heavy atom. The van der Waals surface area contributed by atoms with Gasteiger partial charge in [0.1, 0.15) is 5.70 Å². The number of aliphatic hydroxyl groups excluding tert-OH is 1. The molecule has 6 atom stereocenters. The Labute approximate surface area is 190 Å². The van der Waals surface area contributed by atoms with Gasteiger partial charge in [-0.1, -0.05) is 6.92 Å². The summed E-state index contributed by atoms with van der Waals surface area (Å²) in [5, 5.41) is 26.2. The van der Waals surface area contributed by atoms with E-state index < -0.39 is 18.0 Å². The van der Waals surface area contributed by atoms with E-state index in [1.54, 1.807) is 30.4 Å². The molecule has 0 aromatic heterocycles. The summed E-state index contributed by atoms with van der Waals surface area (Å²) in [7, 11) is 0. The first kappa shape index (κ1) is 24.4. The zero-order valence-corrected chi connectivity index (χ0v) is 19.5. The number of hydrogen-bond acceptors (Lipinski definition) is 8. The molecule has 3 heterocycles. The third-order valence-corrected chi connectivity index (χ3v) is 8.69. The Balaban J connectivity index is 1.51. The summed E-state index contributed by atoms with van der Waals surface area (Å²) in [5.74, 6) is -0.363. The fourth-order valence-corrected chi connectivity index (χ4v) is 7.10. The highest BCUT2D eigenvalue weighted by atomic mass is 32.2. The smallest absolute Gasteiger partial charge is 0.353 e. The number of carboxylic acids is 1. The van der Waals surface area contributed by atoms with Crippen molar-refractivity contribution in [3.05, 3.63) is 10.6 Å². The van der Waals surface area contributed by atoms with Crippen molar-refractivity contribution >= 4 is 41.3 Å². The van der Waals surface area contributed by atoms with Crippen molar-refractivity contribution in [3.8, 4) is 0 Å². The molecule has 31 heavy (non-hydrogen) atoms. The van der Waals surface area contributed by atoms with Crippen molar-refractivity contribution in [1.82, 2.24) is 15.5 Å². The molecular formula is C20H32N4O5S2. The van der Waals surface area contributed by atoms with Crippen LogP contribution in [0, 0.1) is 11.8 Å². The van der Waals surface area contributed by atoms with Crippen LogP contribution in [0.4, 0.5) is 0 Å². The molecule has 0 aliphatic carbocycles. The quantitative estimate of drug-likeness (QED) is 0.204. The van der Waals surface area contributed by atoms with Gasteiger partial charge in [0, 0.05) is 59.7 Å². The van der Waals surface area contributed by atoms with Crippen LogP contribution in [-0.4, -0.2) is 87.5 Å². The molecule has 3 aliphatic heterocycles. The number of aliphatic hydroxyl groups is 1. The summed E-state index contributed by atoms with van der Waals surface area (Å²) in [6.45, 7) is 5.25. The van der Waals surface area contributed by atoms with Crippen LogP contribution < -0.4 is 16.4 Å². The van der Waals surface area contributed by atoms with Crippen molar-refractivity contribution < 1.29 is 24.6 Å². The van der Waals surface area contributed by atoms with Crippen LogP contribution >= 0.6 is 23.5 Å². The Hall–Kier alpha value is -1.27. The second-order valence-corrected chi connectivity index (χ2v) is 10.8. The summed E-state index contributed by atoms with van der Waals surface area (Å²) in [4.78, 5) is 38.1. The van der Waals surface area contributed by atoms with Crippen LogP contribution in [0.3, 0.4) is 0 Å². The first-order valence-corrected chi connectivity index (χ1v) is 12.7. The molecular weight excluding hydrogens is 440 g/mol. The van der Waals surface area contributed by atoms with Crippen LogP contribution in [0.25, 0.3) is 0 Å². The third kappa shape index (κ3) is 5.22. The summed E-state index contributed by atoms with van der Waals surface area (Å²) < 4.78 is 0. The number of carbonyl (C=O) groups is 3. The first-order chi connectivity index (χ1) is 14.8. The van der Waals surface area contributed by atoms with E-state index in [9.17, 15) is 24.6 Å². The molecule has 3 aliphatic rings. The van der Waals surface area contributed by atoms with Crippen LogP contribution in [0.5, 0.6) is 0 Å². The van der Waals surface area contributed by atoms with Crippen molar-refractivity contribution in [1.29, 1.82) is 0 Å². The summed E-state index contributed by atoms with van der Waals surface area (Å²) in [5.41, 5.74) is 5.46. The lowest BCUT2D eigenvalue weighted by Gasteiger charge is -2.46. The second kappa shape index (κ2) is 10.6. The Bertz CT molecular complexity index is 747. The number of nitrogens with two attached hydrogens (primary N) is 1. The normalized spacial score (nSPS) is 30.9. The van der Waals surface area contributed by atoms with Gasteiger partial charge in [-0.3, -0.25) is 9.59 Å². The molecule has 0 aromatic carbocycles. The average Bonchev–Trinajstić information content (AvgIpc) is 3.25. The number of nitrogens with one attached hydrogen (secondary N) is 2. The van der Waals surface area contributed by atoms with Gasteiger partial charge < -0.3 is 31.5 Å². The number of rotatable bonds is 11. The van der Waals surface area contributed by atoms with E-state index >= 15 is 0 Å². The van der Waals surface area contributed by atoms with Gasteiger partial charge in [-0.2, -0.15) is 11.8 Å². The number of nitrogens with zero attached hydrogens (tertiary/aromatic N) is 1. The van der Waals surface area contributed by atoms with Gasteiger partial charge in [0.25, 0.3) is 0 Å². The molecule has 0 aromatic rings. The van der Waals surface area contributed by atoms with Crippen LogP contribution in [-0.2, 0) is 14.4 Å². The maximum absolute atomic E-state index is 12.4. The monoisotopic (exact) mass is 472 g/mol. The number of carbonyl (C=O) groups excluding carboxylic acids is 2. The number of thioether (sulfide) groups is 2. The van der Waals surface area contributed by atoms with Gasteiger partial charge in [0.05, 0.1) is 18.1 Å². The van der Waals surface area contributed by atoms with Crippen molar-refractivity contribution in [2.24, 2.45) is 17.6 Å². The molecule has 2 amide bonds. The average molecular weight is 473 g/mol. The topological polar surface area (TPSA) is 145 Å². The lowest BCUT2D eigenvalue weighted by molar-refractivity contribution is -0.163. The van der Waals surface area contributed by atoms with Crippen molar-refractivity contribution in [2.45, 2.75) is 50.1 Å². The number of aliphatic carboxylic acids is 1. The Kier molecular flexibility index (Phi) is 8.31. The number of carboxylic acid groups (broad SMARTS) is 1. The molecule has 0 unspecified atom stereocenters. The van der Waals surface area contributed by atoms with E-state index in [0.717, 1.165) is 29.4 Å². The van der Waals surface area contributed by atoms with Crippen molar-refractivity contribution in [3.63, 3.8) is 0 Å². The number of fused-ring (bicyclic) bond motifs is 1. The second-order valence-electron chi connectivity index (χ2n) is 8.32. The van der Waals surface area contributed by atoms with Gasteiger partial charge in [-0.05, 0) is 13.3 Å². The number of amides is 2. The van der Waals surface area contributed by atoms with Crippen LogP contribution in [0.15, 0.2) is 10.6 Å². The van der Waals surface area contributed by atoms with Gasteiger partial charge in [0.2, 0.25) is 11.8 Å². The highest BCUT2D eigenvalue weighted by Crippen LogP contribution is 2.51. The maximum atomic E-state index is 12.4. The minimum atomic E-state index is -1.08. The number of hydrogen-bond donors (Lipinski definition) is 5. The highest BCUT2D eigenvalue weighted by molar-refractivity contribution is 8.03. The molecule has 174 valence electrons. The molecule has 0 saturated carbocycles. The fourth-order valence-electron chi connectivity index (χ4n) is 4.55. The zero-order valence-electron chi connectivity index (χ0n) is 17.9. The molecule has 3 rings (SSSR count). The third-order valence-electron chi connectivity index (χ3n) is 6.05. The Morgan fingerprint density at radius 3 is 2.81 bits per heavy atom. The first-order valence-electron chi connectivity index (χ1n) is 10.7.